The number of thiophene rings is 1. The molecule has 0 unspecified atom stereocenters. The molecular formula is C51H31N3OS. The highest BCUT2D eigenvalue weighted by Crippen LogP contribution is 2.41. The van der Waals surface area contributed by atoms with E-state index in [2.05, 4.69) is 146 Å². The van der Waals surface area contributed by atoms with Crippen LogP contribution in [0, 0.1) is 0 Å². The average Bonchev–Trinajstić information content (AvgIpc) is 3.85. The molecular weight excluding hydrogens is 703 g/mol. The van der Waals surface area contributed by atoms with Gasteiger partial charge in [-0.3, -0.25) is 0 Å². The van der Waals surface area contributed by atoms with Crippen LogP contribution in [0.15, 0.2) is 192 Å². The molecule has 56 heavy (non-hydrogen) atoms. The Morgan fingerprint density at radius 3 is 1.55 bits per heavy atom. The van der Waals surface area contributed by atoms with Crippen molar-refractivity contribution < 1.29 is 4.42 Å². The third-order valence-electron chi connectivity index (χ3n) is 10.6. The van der Waals surface area contributed by atoms with E-state index in [0.29, 0.717) is 17.5 Å². The van der Waals surface area contributed by atoms with Crippen molar-refractivity contribution in [3.05, 3.63) is 188 Å². The first kappa shape index (κ1) is 32.2. The van der Waals surface area contributed by atoms with Crippen LogP contribution in [0.4, 0.5) is 0 Å². The molecule has 11 aromatic rings. The summed E-state index contributed by atoms with van der Waals surface area (Å²) in [6, 6.07) is 65.7. The van der Waals surface area contributed by atoms with E-state index in [1.54, 1.807) is 0 Å². The Morgan fingerprint density at radius 1 is 0.304 bits per heavy atom. The van der Waals surface area contributed by atoms with Gasteiger partial charge in [-0.2, -0.15) is 0 Å². The second-order valence-electron chi connectivity index (χ2n) is 14.0. The fourth-order valence-electron chi connectivity index (χ4n) is 7.78. The Hall–Kier alpha value is -7.21. The zero-order valence-electron chi connectivity index (χ0n) is 30.1. The number of hydrogen-bond acceptors (Lipinski definition) is 5. The normalized spacial score (nSPS) is 11.6. The van der Waals surface area contributed by atoms with Gasteiger partial charge in [0, 0.05) is 47.6 Å². The molecule has 0 saturated heterocycles. The summed E-state index contributed by atoms with van der Waals surface area (Å²) in [6.45, 7) is 0. The Kier molecular flexibility index (Phi) is 7.64. The number of hydrogen-bond donors (Lipinski definition) is 0. The lowest BCUT2D eigenvalue weighted by atomic mass is 9.97. The maximum atomic E-state index is 6.92. The van der Waals surface area contributed by atoms with Gasteiger partial charge in [-0.25, -0.2) is 15.0 Å². The minimum absolute atomic E-state index is 0.561. The summed E-state index contributed by atoms with van der Waals surface area (Å²) in [5, 5.41) is 4.67. The van der Waals surface area contributed by atoms with Crippen LogP contribution in [0.25, 0.3) is 110 Å². The Labute approximate surface area is 327 Å². The van der Waals surface area contributed by atoms with Gasteiger partial charge >= 0.3 is 0 Å². The zero-order chi connectivity index (χ0) is 37.0. The molecule has 0 spiro atoms. The van der Waals surface area contributed by atoms with Crippen LogP contribution in [0.3, 0.4) is 0 Å². The smallest absolute Gasteiger partial charge is 0.167 e. The summed E-state index contributed by atoms with van der Waals surface area (Å²) in [5.41, 5.74) is 11.0. The van der Waals surface area contributed by atoms with E-state index in [9.17, 15) is 0 Å². The molecule has 5 heteroatoms. The van der Waals surface area contributed by atoms with Crippen LogP contribution in [0.1, 0.15) is 0 Å². The SMILES string of the molecule is c1ccc(-c2ccc(-c3nc(-c4ccccc4)nc(-c4cccc5c4oc4c(-c6cccc(-c7ccc8c(c7)sc7ccccc78)c6)cccc45)n3)cc2)cc1. The van der Waals surface area contributed by atoms with Gasteiger partial charge in [0.1, 0.15) is 11.2 Å². The van der Waals surface area contributed by atoms with Crippen LogP contribution in [-0.2, 0) is 0 Å². The molecule has 0 aliphatic rings. The molecule has 0 bridgehead atoms. The number of benzene rings is 8. The fourth-order valence-corrected chi connectivity index (χ4v) is 8.92. The molecule has 11 rings (SSSR count). The molecule has 0 amide bonds. The molecule has 0 aliphatic heterocycles. The summed E-state index contributed by atoms with van der Waals surface area (Å²) >= 11 is 1.84. The molecule has 0 saturated carbocycles. The van der Waals surface area contributed by atoms with Crippen molar-refractivity contribution >= 4 is 53.4 Å². The highest BCUT2D eigenvalue weighted by Gasteiger charge is 2.20. The zero-order valence-corrected chi connectivity index (χ0v) is 30.9. The van der Waals surface area contributed by atoms with Gasteiger partial charge in [0.2, 0.25) is 0 Å². The molecule has 0 aliphatic carbocycles. The van der Waals surface area contributed by atoms with Gasteiger partial charge in [-0.15, -0.1) is 11.3 Å². The van der Waals surface area contributed by atoms with Gasteiger partial charge in [-0.1, -0.05) is 164 Å². The minimum Gasteiger partial charge on any atom is -0.455 e. The Bertz CT molecular complexity index is 3240. The van der Waals surface area contributed by atoms with Gasteiger partial charge in [0.25, 0.3) is 0 Å². The molecule has 0 fully saturated rings. The maximum absolute atomic E-state index is 6.92. The van der Waals surface area contributed by atoms with Crippen molar-refractivity contribution in [2.24, 2.45) is 0 Å². The second kappa shape index (κ2) is 13.3. The highest BCUT2D eigenvalue weighted by atomic mass is 32.1. The van der Waals surface area contributed by atoms with Gasteiger partial charge < -0.3 is 4.42 Å². The number of para-hydroxylation sites is 2. The van der Waals surface area contributed by atoms with Crippen LogP contribution in [0.2, 0.25) is 0 Å². The molecule has 0 N–H and O–H groups in total. The fraction of sp³-hybridized carbons (Fsp3) is 0. The minimum atomic E-state index is 0.561. The summed E-state index contributed by atoms with van der Waals surface area (Å²) in [7, 11) is 0. The van der Waals surface area contributed by atoms with Crippen molar-refractivity contribution in [2.45, 2.75) is 0 Å². The quantitative estimate of drug-likeness (QED) is 0.171. The number of rotatable bonds is 6. The van der Waals surface area contributed by atoms with E-state index in [0.717, 1.165) is 60.9 Å². The lowest BCUT2D eigenvalue weighted by Crippen LogP contribution is -2.00. The molecule has 3 heterocycles. The van der Waals surface area contributed by atoms with Crippen molar-refractivity contribution in [3.8, 4) is 67.5 Å². The first-order valence-corrected chi connectivity index (χ1v) is 19.5. The molecule has 0 atom stereocenters. The van der Waals surface area contributed by atoms with Gasteiger partial charge in [0.15, 0.2) is 17.5 Å². The van der Waals surface area contributed by atoms with E-state index in [4.69, 9.17) is 19.4 Å². The first-order chi connectivity index (χ1) is 27.7. The average molecular weight is 734 g/mol. The number of furan rings is 1. The third-order valence-corrected chi connectivity index (χ3v) is 11.7. The summed E-state index contributed by atoms with van der Waals surface area (Å²) in [5.74, 6) is 1.77. The maximum Gasteiger partial charge on any atom is 0.167 e. The number of aromatic nitrogens is 3. The third kappa shape index (κ3) is 5.56. The topological polar surface area (TPSA) is 51.8 Å². The summed E-state index contributed by atoms with van der Waals surface area (Å²) in [4.78, 5) is 15.2. The van der Waals surface area contributed by atoms with Crippen LogP contribution >= 0.6 is 11.3 Å². The van der Waals surface area contributed by atoms with Crippen LogP contribution in [-0.4, -0.2) is 15.0 Å². The van der Waals surface area contributed by atoms with E-state index in [1.165, 1.54) is 31.3 Å². The first-order valence-electron chi connectivity index (χ1n) is 18.7. The lowest BCUT2D eigenvalue weighted by molar-refractivity contribution is 0.670. The van der Waals surface area contributed by atoms with Crippen molar-refractivity contribution in [2.75, 3.05) is 0 Å². The van der Waals surface area contributed by atoms with Gasteiger partial charge in [0.05, 0.1) is 5.56 Å². The van der Waals surface area contributed by atoms with Crippen molar-refractivity contribution in [1.82, 2.24) is 15.0 Å². The summed E-state index contributed by atoms with van der Waals surface area (Å²) < 4.78 is 9.52. The highest BCUT2D eigenvalue weighted by molar-refractivity contribution is 7.25. The molecule has 8 aromatic carbocycles. The predicted molar refractivity (Wildman–Crippen MR) is 233 cm³/mol. The lowest BCUT2D eigenvalue weighted by Gasteiger charge is -2.09. The van der Waals surface area contributed by atoms with E-state index >= 15 is 0 Å². The number of nitrogens with zero attached hydrogens (tertiary/aromatic N) is 3. The van der Waals surface area contributed by atoms with E-state index < -0.39 is 0 Å². The Balaban J connectivity index is 1.03. The molecule has 4 nitrogen and oxygen atoms in total. The van der Waals surface area contributed by atoms with Crippen LogP contribution in [0.5, 0.6) is 0 Å². The van der Waals surface area contributed by atoms with Crippen molar-refractivity contribution in [3.63, 3.8) is 0 Å². The summed E-state index contributed by atoms with van der Waals surface area (Å²) in [6.07, 6.45) is 0. The largest absolute Gasteiger partial charge is 0.455 e. The molecule has 0 radical (unpaired) electrons. The Morgan fingerprint density at radius 2 is 0.786 bits per heavy atom. The van der Waals surface area contributed by atoms with Gasteiger partial charge in [-0.05, 0) is 52.1 Å². The second-order valence-corrected chi connectivity index (χ2v) is 15.1. The monoisotopic (exact) mass is 733 g/mol. The van der Waals surface area contributed by atoms with Crippen molar-refractivity contribution in [1.29, 1.82) is 0 Å². The number of fused-ring (bicyclic) bond motifs is 6. The van der Waals surface area contributed by atoms with Crippen LogP contribution < -0.4 is 0 Å². The van der Waals surface area contributed by atoms with E-state index in [1.807, 2.05) is 53.8 Å². The molecule has 3 aromatic heterocycles. The predicted octanol–water partition coefficient (Wildman–Crippen LogP) is 14.1. The molecule has 262 valence electrons. The van der Waals surface area contributed by atoms with E-state index in [-0.39, 0.29) is 0 Å². The standard InChI is InChI=1S/C51H31N3OS/c1-3-12-32(13-4-1)33-24-26-35(27-25-33)50-52-49(34-14-5-2-6-15-34)53-51(54-50)44-22-11-21-43-42-20-10-19-39(47(42)55-48(43)44)38-17-9-16-36(30-38)37-28-29-41-40-18-7-8-23-45(40)56-46(41)31-37/h1-31H.